The summed E-state index contributed by atoms with van der Waals surface area (Å²) in [6, 6.07) is 2.16. The van der Waals surface area contributed by atoms with E-state index >= 15 is 0 Å². The lowest BCUT2D eigenvalue weighted by molar-refractivity contribution is -0.120. The summed E-state index contributed by atoms with van der Waals surface area (Å²) in [7, 11) is 0. The van der Waals surface area contributed by atoms with Crippen LogP contribution in [0, 0.1) is 17.2 Å². The Balaban J connectivity index is 1.75. The molecule has 2 aromatic heterocycles. The van der Waals surface area contributed by atoms with Crippen LogP contribution in [0.5, 0.6) is 0 Å². The maximum Gasteiger partial charge on any atom is 0.260 e. The molecule has 1 amide bonds. The Morgan fingerprint density at radius 3 is 2.88 bits per heavy atom. The summed E-state index contributed by atoms with van der Waals surface area (Å²) in [5.41, 5.74) is 0.122. The van der Waals surface area contributed by atoms with Crippen molar-refractivity contribution in [3.05, 3.63) is 20.8 Å². The third-order valence-electron chi connectivity index (χ3n) is 4.93. The maximum atomic E-state index is 12.5. The molecule has 0 saturated heterocycles. The van der Waals surface area contributed by atoms with E-state index in [1.165, 1.54) is 16.6 Å². The lowest BCUT2D eigenvalue weighted by atomic mass is 9.90. The van der Waals surface area contributed by atoms with Crippen molar-refractivity contribution in [2.75, 3.05) is 5.75 Å². The topological polar surface area (TPSA) is 98.6 Å². The minimum absolute atomic E-state index is 0.00632. The number of nitriles is 1. The smallest absolute Gasteiger partial charge is 0.260 e. The molecule has 0 radical (unpaired) electrons. The zero-order valence-corrected chi connectivity index (χ0v) is 16.8. The van der Waals surface area contributed by atoms with Gasteiger partial charge in [-0.2, -0.15) is 5.26 Å². The predicted molar refractivity (Wildman–Crippen MR) is 105 cm³/mol. The molecule has 0 unspecified atom stereocenters. The molecule has 0 fully saturated rings. The highest BCUT2D eigenvalue weighted by molar-refractivity contribution is 7.99. The molecule has 2 heterocycles. The molecule has 0 aliphatic heterocycles. The Labute approximate surface area is 160 Å². The molecule has 2 N–H and O–H groups in total. The van der Waals surface area contributed by atoms with Crippen molar-refractivity contribution in [3.8, 4) is 6.07 Å². The second-order valence-corrected chi connectivity index (χ2v) is 9.12. The van der Waals surface area contributed by atoms with E-state index in [0.29, 0.717) is 5.16 Å². The summed E-state index contributed by atoms with van der Waals surface area (Å²) < 4.78 is 0. The van der Waals surface area contributed by atoms with Crippen LogP contribution in [0.1, 0.15) is 44.1 Å². The molecule has 26 heavy (non-hydrogen) atoms. The molecular formula is C18H22N4O2S2. The van der Waals surface area contributed by atoms with Crippen molar-refractivity contribution in [3.63, 3.8) is 0 Å². The lowest BCUT2D eigenvalue weighted by Crippen LogP contribution is -2.49. The standard InChI is InChI=1S/C18H22N4O2S2/c1-10(2)18(3,9-19)22-13(23)8-25-17-20-15(24)14-11-6-4-5-7-12(11)26-16(14)21-17/h10H,4-8H2,1-3H3,(H,22,23)(H,20,21,24)/t18-/m0/s1. The summed E-state index contributed by atoms with van der Waals surface area (Å²) in [5.74, 6) is -0.155. The van der Waals surface area contributed by atoms with Gasteiger partial charge in [-0.15, -0.1) is 11.3 Å². The molecule has 0 saturated carbocycles. The molecule has 0 spiro atoms. The molecule has 138 valence electrons. The van der Waals surface area contributed by atoms with Crippen LogP contribution in [-0.2, 0) is 17.6 Å². The third-order valence-corrected chi connectivity index (χ3v) is 6.99. The van der Waals surface area contributed by atoms with E-state index in [-0.39, 0.29) is 23.1 Å². The lowest BCUT2D eigenvalue weighted by Gasteiger charge is -2.27. The maximum absolute atomic E-state index is 12.5. The Morgan fingerprint density at radius 1 is 1.46 bits per heavy atom. The van der Waals surface area contributed by atoms with Crippen LogP contribution < -0.4 is 10.9 Å². The molecule has 0 aromatic carbocycles. The van der Waals surface area contributed by atoms with Crippen LogP contribution in [-0.4, -0.2) is 27.2 Å². The van der Waals surface area contributed by atoms with E-state index in [9.17, 15) is 14.9 Å². The highest BCUT2D eigenvalue weighted by Gasteiger charge is 2.30. The van der Waals surface area contributed by atoms with Crippen LogP contribution >= 0.6 is 23.1 Å². The van der Waals surface area contributed by atoms with Gasteiger partial charge in [-0.25, -0.2) is 4.98 Å². The Hall–Kier alpha value is -1.85. The van der Waals surface area contributed by atoms with Crippen molar-refractivity contribution in [1.29, 1.82) is 5.26 Å². The molecule has 2 aromatic rings. The Morgan fingerprint density at radius 2 is 2.19 bits per heavy atom. The van der Waals surface area contributed by atoms with Crippen LogP contribution in [0.25, 0.3) is 10.2 Å². The van der Waals surface area contributed by atoms with Gasteiger partial charge in [-0.05, 0) is 44.1 Å². The number of hydrogen-bond donors (Lipinski definition) is 2. The number of rotatable bonds is 5. The summed E-state index contributed by atoms with van der Waals surface area (Å²) in [6.07, 6.45) is 4.23. The summed E-state index contributed by atoms with van der Waals surface area (Å²) in [4.78, 5) is 34.1. The molecule has 1 atom stereocenters. The van der Waals surface area contributed by atoms with Crippen LogP contribution in [0.15, 0.2) is 9.95 Å². The van der Waals surface area contributed by atoms with Gasteiger partial charge in [0.25, 0.3) is 5.56 Å². The molecule has 1 aliphatic rings. The first kappa shape index (κ1) is 18.9. The number of aromatic nitrogens is 2. The number of carbonyl (C=O) groups excluding carboxylic acids is 1. The van der Waals surface area contributed by atoms with Crippen molar-refractivity contribution in [2.24, 2.45) is 5.92 Å². The van der Waals surface area contributed by atoms with Crippen molar-refractivity contribution in [1.82, 2.24) is 15.3 Å². The normalized spacial score (nSPS) is 16.1. The number of amides is 1. The number of nitrogens with one attached hydrogen (secondary N) is 2. The van der Waals surface area contributed by atoms with E-state index in [1.807, 2.05) is 13.8 Å². The van der Waals surface area contributed by atoms with Gasteiger partial charge in [-0.1, -0.05) is 25.6 Å². The molecule has 8 heteroatoms. The fraction of sp³-hybridized carbons (Fsp3) is 0.556. The number of hydrogen-bond acceptors (Lipinski definition) is 6. The monoisotopic (exact) mass is 390 g/mol. The van der Waals surface area contributed by atoms with Crippen molar-refractivity contribution < 1.29 is 4.79 Å². The number of fused-ring (bicyclic) bond motifs is 3. The van der Waals surface area contributed by atoms with Crippen molar-refractivity contribution in [2.45, 2.75) is 57.1 Å². The molecule has 6 nitrogen and oxygen atoms in total. The summed E-state index contributed by atoms with van der Waals surface area (Å²) >= 11 is 2.78. The van der Waals surface area contributed by atoms with Crippen LogP contribution in [0.2, 0.25) is 0 Å². The zero-order chi connectivity index (χ0) is 18.9. The SMILES string of the molecule is CC(C)[C@](C)(C#N)NC(=O)CSc1nc2sc3c(c2c(=O)[nH]1)CCCC3. The second kappa shape index (κ2) is 7.41. The highest BCUT2D eigenvalue weighted by atomic mass is 32.2. The average molecular weight is 391 g/mol. The number of nitrogens with zero attached hydrogens (tertiary/aromatic N) is 2. The first-order chi connectivity index (χ1) is 12.3. The fourth-order valence-corrected chi connectivity index (χ4v) is 4.95. The van der Waals surface area contributed by atoms with E-state index in [1.54, 1.807) is 18.3 Å². The van der Waals surface area contributed by atoms with Gasteiger partial charge in [0.1, 0.15) is 10.4 Å². The van der Waals surface area contributed by atoms with Gasteiger partial charge >= 0.3 is 0 Å². The largest absolute Gasteiger partial charge is 0.337 e. The average Bonchev–Trinajstić information content (AvgIpc) is 2.98. The van der Waals surface area contributed by atoms with E-state index in [4.69, 9.17) is 0 Å². The number of thioether (sulfide) groups is 1. The molecule has 1 aliphatic carbocycles. The summed E-state index contributed by atoms with van der Waals surface area (Å²) in [5, 5.41) is 13.2. The first-order valence-corrected chi connectivity index (χ1v) is 10.5. The molecule has 0 bridgehead atoms. The van der Waals surface area contributed by atoms with Gasteiger partial charge in [0.15, 0.2) is 5.16 Å². The molecular weight excluding hydrogens is 368 g/mol. The van der Waals surface area contributed by atoms with E-state index in [2.05, 4.69) is 21.4 Å². The second-order valence-electron chi connectivity index (χ2n) is 7.07. The number of aromatic amines is 1. The van der Waals surface area contributed by atoms with Gasteiger partial charge in [0.2, 0.25) is 5.91 Å². The minimum atomic E-state index is -0.907. The zero-order valence-electron chi connectivity index (χ0n) is 15.1. The molecule has 3 rings (SSSR count). The Bertz CT molecular complexity index is 941. The van der Waals surface area contributed by atoms with Crippen LogP contribution in [0.3, 0.4) is 0 Å². The van der Waals surface area contributed by atoms with E-state index in [0.717, 1.165) is 41.5 Å². The van der Waals surface area contributed by atoms with Crippen LogP contribution in [0.4, 0.5) is 0 Å². The predicted octanol–water partition coefficient (Wildman–Crippen LogP) is 3.01. The Kier molecular flexibility index (Phi) is 5.39. The fourth-order valence-electron chi connectivity index (χ4n) is 2.97. The first-order valence-electron chi connectivity index (χ1n) is 8.73. The van der Waals surface area contributed by atoms with E-state index < -0.39 is 5.54 Å². The minimum Gasteiger partial charge on any atom is -0.337 e. The number of carbonyl (C=O) groups is 1. The highest BCUT2D eigenvalue weighted by Crippen LogP contribution is 2.34. The number of aryl methyl sites for hydroxylation is 2. The van der Waals surface area contributed by atoms with Gasteiger partial charge < -0.3 is 10.3 Å². The number of H-pyrrole nitrogens is 1. The third kappa shape index (κ3) is 3.64. The quantitative estimate of drug-likeness (QED) is 0.604. The van der Waals surface area contributed by atoms with Gasteiger partial charge in [0, 0.05) is 4.88 Å². The van der Waals surface area contributed by atoms with Gasteiger partial charge in [0.05, 0.1) is 17.2 Å². The number of thiophene rings is 1. The van der Waals surface area contributed by atoms with Gasteiger partial charge in [-0.3, -0.25) is 9.59 Å². The van der Waals surface area contributed by atoms with Crippen molar-refractivity contribution >= 4 is 39.2 Å². The summed E-state index contributed by atoms with van der Waals surface area (Å²) in [6.45, 7) is 5.49.